The number of carboxylic acid groups (broad SMARTS) is 2. The number of anilines is 1. The van der Waals surface area contributed by atoms with Crippen LogP contribution in [-0.4, -0.2) is 46.4 Å². The third-order valence-corrected chi connectivity index (χ3v) is 3.75. The van der Waals surface area contributed by atoms with Gasteiger partial charge in [-0.05, 0) is 30.4 Å². The van der Waals surface area contributed by atoms with Gasteiger partial charge in [-0.25, -0.2) is 14.6 Å². The SMILES string of the molecule is CC(C)(C)CCCOC(CCNc1ccc(C(=O)O)c(Cl)n1)C(=O)O. The number of aromatic carboxylic acids is 1. The van der Waals surface area contributed by atoms with Crippen molar-refractivity contribution in [3.05, 3.63) is 22.8 Å². The van der Waals surface area contributed by atoms with Crippen LogP contribution in [-0.2, 0) is 9.53 Å². The Hall–Kier alpha value is -1.86. The first-order chi connectivity index (χ1) is 11.6. The van der Waals surface area contributed by atoms with Gasteiger partial charge in [0.25, 0.3) is 0 Å². The van der Waals surface area contributed by atoms with Crippen molar-refractivity contribution in [1.29, 1.82) is 0 Å². The van der Waals surface area contributed by atoms with Crippen LogP contribution >= 0.6 is 11.6 Å². The molecule has 0 aliphatic rings. The summed E-state index contributed by atoms with van der Waals surface area (Å²) in [5.41, 5.74) is 0.106. The maximum absolute atomic E-state index is 11.3. The summed E-state index contributed by atoms with van der Waals surface area (Å²) in [5.74, 6) is -1.78. The van der Waals surface area contributed by atoms with Crippen molar-refractivity contribution in [3.8, 4) is 0 Å². The van der Waals surface area contributed by atoms with Crippen LogP contribution in [0.2, 0.25) is 5.15 Å². The highest BCUT2D eigenvalue weighted by molar-refractivity contribution is 6.32. The Kier molecular flexibility index (Phi) is 8.12. The Labute approximate surface area is 152 Å². The van der Waals surface area contributed by atoms with Gasteiger partial charge in [0.2, 0.25) is 0 Å². The van der Waals surface area contributed by atoms with E-state index in [0.717, 1.165) is 12.8 Å². The van der Waals surface area contributed by atoms with Crippen LogP contribution in [0.3, 0.4) is 0 Å². The van der Waals surface area contributed by atoms with Gasteiger partial charge < -0.3 is 20.3 Å². The second-order valence-electron chi connectivity index (χ2n) is 6.92. The molecule has 1 aromatic rings. The number of aromatic nitrogens is 1. The molecule has 7 nitrogen and oxygen atoms in total. The maximum atomic E-state index is 11.3. The first kappa shape index (κ1) is 21.2. The van der Waals surface area contributed by atoms with Crippen molar-refractivity contribution in [2.45, 2.75) is 46.1 Å². The van der Waals surface area contributed by atoms with Gasteiger partial charge in [-0.2, -0.15) is 0 Å². The van der Waals surface area contributed by atoms with Crippen LogP contribution in [0.25, 0.3) is 0 Å². The largest absolute Gasteiger partial charge is 0.479 e. The second-order valence-corrected chi connectivity index (χ2v) is 7.28. The summed E-state index contributed by atoms with van der Waals surface area (Å²) >= 11 is 5.79. The first-order valence-electron chi connectivity index (χ1n) is 8.08. The van der Waals surface area contributed by atoms with Crippen LogP contribution in [0.1, 0.15) is 50.4 Å². The Morgan fingerprint density at radius 1 is 1.32 bits per heavy atom. The van der Waals surface area contributed by atoms with Gasteiger partial charge in [0, 0.05) is 19.6 Å². The highest BCUT2D eigenvalue weighted by Gasteiger charge is 2.18. The van der Waals surface area contributed by atoms with Gasteiger partial charge >= 0.3 is 11.9 Å². The number of nitrogens with one attached hydrogen (secondary N) is 1. The van der Waals surface area contributed by atoms with Gasteiger partial charge in [-0.15, -0.1) is 0 Å². The van der Waals surface area contributed by atoms with E-state index in [1.807, 2.05) is 0 Å². The van der Waals surface area contributed by atoms with Crippen LogP contribution in [0, 0.1) is 5.41 Å². The predicted octanol–water partition coefficient (Wildman–Crippen LogP) is 3.53. The van der Waals surface area contributed by atoms with E-state index in [1.165, 1.54) is 12.1 Å². The van der Waals surface area contributed by atoms with Gasteiger partial charge in [0.15, 0.2) is 6.10 Å². The maximum Gasteiger partial charge on any atom is 0.338 e. The molecule has 0 aliphatic carbocycles. The lowest BCUT2D eigenvalue weighted by Crippen LogP contribution is -2.27. The van der Waals surface area contributed by atoms with E-state index >= 15 is 0 Å². The third kappa shape index (κ3) is 8.18. The summed E-state index contributed by atoms with van der Waals surface area (Å²) in [4.78, 5) is 26.0. The van der Waals surface area contributed by atoms with E-state index in [9.17, 15) is 14.7 Å². The van der Waals surface area contributed by atoms with Crippen molar-refractivity contribution >= 4 is 29.4 Å². The molecule has 0 saturated carbocycles. The van der Waals surface area contributed by atoms with Gasteiger partial charge in [-0.3, -0.25) is 0 Å². The zero-order valence-corrected chi connectivity index (χ0v) is 15.5. The molecule has 1 aromatic heterocycles. The standard InChI is InChI=1S/C17H25ClN2O5/c1-17(2,3)8-4-10-25-12(16(23)24)7-9-19-13-6-5-11(15(21)22)14(18)20-13/h5-6,12H,4,7-10H2,1-3H3,(H,19,20)(H,21,22)(H,23,24). The number of hydrogen-bond donors (Lipinski definition) is 3. The fraction of sp³-hybridized carbons (Fsp3) is 0.588. The van der Waals surface area contributed by atoms with E-state index in [2.05, 4.69) is 31.1 Å². The number of pyridine rings is 1. The predicted molar refractivity (Wildman–Crippen MR) is 95.4 cm³/mol. The third-order valence-electron chi connectivity index (χ3n) is 3.46. The molecule has 1 atom stereocenters. The first-order valence-corrected chi connectivity index (χ1v) is 8.46. The Morgan fingerprint density at radius 2 is 2.00 bits per heavy atom. The highest BCUT2D eigenvalue weighted by Crippen LogP contribution is 2.20. The molecule has 0 amide bonds. The molecule has 1 rings (SSSR count). The topological polar surface area (TPSA) is 109 Å². The zero-order chi connectivity index (χ0) is 19.0. The normalized spacial score (nSPS) is 12.6. The zero-order valence-electron chi connectivity index (χ0n) is 14.7. The number of rotatable bonds is 10. The molecule has 140 valence electrons. The molecule has 0 radical (unpaired) electrons. The minimum Gasteiger partial charge on any atom is -0.479 e. The lowest BCUT2D eigenvalue weighted by atomic mass is 9.91. The summed E-state index contributed by atoms with van der Waals surface area (Å²) in [7, 11) is 0. The molecule has 0 saturated heterocycles. The van der Waals surface area contributed by atoms with E-state index < -0.39 is 18.0 Å². The molecule has 0 aromatic carbocycles. The minimum atomic E-state index is -1.15. The lowest BCUT2D eigenvalue weighted by molar-refractivity contribution is -0.150. The monoisotopic (exact) mass is 372 g/mol. The molecule has 0 fully saturated rings. The summed E-state index contributed by atoms with van der Waals surface area (Å²) in [5, 5.41) is 20.9. The van der Waals surface area contributed by atoms with Crippen LogP contribution in [0.5, 0.6) is 0 Å². The lowest BCUT2D eigenvalue weighted by Gasteiger charge is -2.19. The summed E-state index contributed by atoms with van der Waals surface area (Å²) in [6.07, 6.45) is 1.11. The molecule has 3 N–H and O–H groups in total. The summed E-state index contributed by atoms with van der Waals surface area (Å²) in [6, 6.07) is 2.83. The average molecular weight is 373 g/mol. The average Bonchev–Trinajstić information content (AvgIpc) is 2.48. The molecular weight excluding hydrogens is 348 g/mol. The molecule has 0 bridgehead atoms. The van der Waals surface area contributed by atoms with Gasteiger partial charge in [0.05, 0.1) is 5.56 Å². The van der Waals surface area contributed by atoms with Crippen molar-refractivity contribution < 1.29 is 24.5 Å². The fourth-order valence-corrected chi connectivity index (χ4v) is 2.36. The van der Waals surface area contributed by atoms with E-state index in [4.69, 9.17) is 21.4 Å². The van der Waals surface area contributed by atoms with Crippen LogP contribution < -0.4 is 5.32 Å². The van der Waals surface area contributed by atoms with Crippen molar-refractivity contribution in [1.82, 2.24) is 4.98 Å². The van der Waals surface area contributed by atoms with Crippen LogP contribution in [0.15, 0.2) is 12.1 Å². The number of halogens is 1. The Morgan fingerprint density at radius 3 is 2.52 bits per heavy atom. The molecule has 0 aliphatic heterocycles. The van der Waals surface area contributed by atoms with E-state index in [0.29, 0.717) is 19.0 Å². The summed E-state index contributed by atoms with van der Waals surface area (Å²) < 4.78 is 5.45. The summed E-state index contributed by atoms with van der Waals surface area (Å²) in [6.45, 7) is 7.08. The number of carbonyl (C=O) groups is 2. The molecule has 0 spiro atoms. The number of nitrogens with zero attached hydrogens (tertiary/aromatic N) is 1. The molecular formula is C17H25ClN2O5. The molecule has 8 heteroatoms. The molecule has 25 heavy (non-hydrogen) atoms. The number of carboxylic acids is 2. The molecule has 1 unspecified atom stereocenters. The van der Waals surface area contributed by atoms with E-state index in [1.54, 1.807) is 0 Å². The fourth-order valence-electron chi connectivity index (χ4n) is 2.13. The van der Waals surface area contributed by atoms with Crippen molar-refractivity contribution in [2.75, 3.05) is 18.5 Å². The minimum absolute atomic E-state index is 0.0854. The smallest absolute Gasteiger partial charge is 0.338 e. The van der Waals surface area contributed by atoms with Crippen molar-refractivity contribution in [2.24, 2.45) is 5.41 Å². The van der Waals surface area contributed by atoms with E-state index in [-0.39, 0.29) is 22.6 Å². The molecule has 1 heterocycles. The van der Waals surface area contributed by atoms with Crippen molar-refractivity contribution in [3.63, 3.8) is 0 Å². The number of aliphatic carboxylic acids is 1. The second kappa shape index (κ2) is 9.58. The van der Waals surface area contributed by atoms with Crippen LogP contribution in [0.4, 0.5) is 5.82 Å². The Bertz CT molecular complexity index is 601. The highest BCUT2D eigenvalue weighted by atomic mass is 35.5. The van der Waals surface area contributed by atoms with Gasteiger partial charge in [-0.1, -0.05) is 32.4 Å². The van der Waals surface area contributed by atoms with Gasteiger partial charge in [0.1, 0.15) is 11.0 Å². The number of hydrogen-bond acceptors (Lipinski definition) is 5. The quantitative estimate of drug-likeness (QED) is 0.425. The Balaban J connectivity index is 2.44. The number of ether oxygens (including phenoxy) is 1.